The lowest BCUT2D eigenvalue weighted by Gasteiger charge is -2.27. The number of rotatable bonds is 2. The first-order chi connectivity index (χ1) is 7.83. The monoisotopic (exact) mass is 222 g/mol. The lowest BCUT2D eigenvalue weighted by molar-refractivity contribution is -0.123. The Morgan fingerprint density at radius 1 is 1.12 bits per heavy atom. The molecule has 3 fully saturated rings. The summed E-state index contributed by atoms with van der Waals surface area (Å²) in [7, 11) is 0. The molecule has 0 radical (unpaired) electrons. The molecule has 1 heterocycles. The Kier molecular flexibility index (Phi) is 2.88. The predicted molar refractivity (Wildman–Crippen MR) is 63.0 cm³/mol. The van der Waals surface area contributed by atoms with Gasteiger partial charge in [-0.3, -0.25) is 4.79 Å². The van der Waals surface area contributed by atoms with Gasteiger partial charge in [0.15, 0.2) is 0 Å². The molecule has 0 unspecified atom stereocenters. The van der Waals surface area contributed by atoms with E-state index in [1.807, 2.05) is 0 Å². The average Bonchev–Trinajstić information content (AvgIpc) is 2.83. The van der Waals surface area contributed by atoms with Crippen LogP contribution >= 0.6 is 0 Å². The van der Waals surface area contributed by atoms with E-state index in [0.717, 1.165) is 31.2 Å². The summed E-state index contributed by atoms with van der Waals surface area (Å²) in [6.07, 6.45) is 8.88. The molecule has 2 saturated carbocycles. The third-order valence-electron chi connectivity index (χ3n) is 4.69. The van der Waals surface area contributed by atoms with E-state index in [9.17, 15) is 4.79 Å². The quantitative estimate of drug-likeness (QED) is 0.742. The number of hydrogen-bond acceptors (Lipinski definition) is 2. The molecular formula is C13H22N2O. The second-order valence-corrected chi connectivity index (χ2v) is 5.79. The fraction of sp³-hybridized carbons (Fsp3) is 0.923. The lowest BCUT2D eigenvalue weighted by Crippen LogP contribution is -2.48. The minimum absolute atomic E-state index is 0.0897. The highest BCUT2D eigenvalue weighted by Crippen LogP contribution is 2.44. The molecule has 2 N–H and O–H groups in total. The van der Waals surface area contributed by atoms with E-state index in [-0.39, 0.29) is 11.9 Å². The van der Waals surface area contributed by atoms with Gasteiger partial charge in [0, 0.05) is 12.6 Å². The summed E-state index contributed by atoms with van der Waals surface area (Å²) < 4.78 is 0. The molecule has 4 atom stereocenters. The van der Waals surface area contributed by atoms with Crippen LogP contribution in [-0.2, 0) is 4.79 Å². The topological polar surface area (TPSA) is 41.1 Å². The molecule has 3 aliphatic rings. The Morgan fingerprint density at radius 2 is 2.06 bits per heavy atom. The van der Waals surface area contributed by atoms with Gasteiger partial charge in [0.1, 0.15) is 0 Å². The van der Waals surface area contributed by atoms with Crippen molar-refractivity contribution in [2.45, 2.75) is 57.0 Å². The predicted octanol–water partition coefficient (Wildman–Crippen LogP) is 1.43. The molecule has 16 heavy (non-hydrogen) atoms. The molecule has 3 rings (SSSR count). The zero-order valence-electron chi connectivity index (χ0n) is 9.87. The standard InChI is InChI=1S/C13H22N2O/c16-13-11(3-1-2-6-14-13)15-12-8-9-4-5-10(12)7-9/h9-12,15H,1-8H2,(H,14,16)/t9-,10-,11+,12-/m0/s1. The van der Waals surface area contributed by atoms with Crippen molar-refractivity contribution in [3.8, 4) is 0 Å². The van der Waals surface area contributed by atoms with Gasteiger partial charge >= 0.3 is 0 Å². The highest BCUT2D eigenvalue weighted by molar-refractivity contribution is 5.81. The van der Waals surface area contributed by atoms with Gasteiger partial charge in [-0.05, 0) is 50.4 Å². The maximum Gasteiger partial charge on any atom is 0.237 e. The summed E-state index contributed by atoms with van der Waals surface area (Å²) in [6.45, 7) is 0.869. The molecule has 3 nitrogen and oxygen atoms in total. The van der Waals surface area contributed by atoms with Gasteiger partial charge in [-0.1, -0.05) is 6.42 Å². The summed E-state index contributed by atoms with van der Waals surface area (Å²) in [4.78, 5) is 11.8. The summed E-state index contributed by atoms with van der Waals surface area (Å²) >= 11 is 0. The first-order valence-electron chi connectivity index (χ1n) is 6.86. The van der Waals surface area contributed by atoms with E-state index >= 15 is 0 Å². The van der Waals surface area contributed by atoms with Crippen LogP contribution in [0.5, 0.6) is 0 Å². The van der Waals surface area contributed by atoms with E-state index in [1.165, 1.54) is 32.1 Å². The Bertz CT molecular complexity index is 279. The minimum atomic E-state index is 0.0897. The van der Waals surface area contributed by atoms with Crippen LogP contribution in [0.15, 0.2) is 0 Å². The van der Waals surface area contributed by atoms with Crippen LogP contribution in [0.3, 0.4) is 0 Å². The van der Waals surface area contributed by atoms with Crippen LogP contribution in [0.2, 0.25) is 0 Å². The van der Waals surface area contributed by atoms with E-state index in [4.69, 9.17) is 0 Å². The van der Waals surface area contributed by atoms with Crippen molar-refractivity contribution >= 4 is 5.91 Å². The highest BCUT2D eigenvalue weighted by atomic mass is 16.2. The molecule has 1 amide bonds. The Morgan fingerprint density at radius 3 is 2.81 bits per heavy atom. The van der Waals surface area contributed by atoms with E-state index in [1.54, 1.807) is 0 Å². The Balaban J connectivity index is 1.58. The third-order valence-corrected chi connectivity index (χ3v) is 4.69. The van der Waals surface area contributed by atoms with Crippen molar-refractivity contribution in [2.75, 3.05) is 6.54 Å². The van der Waals surface area contributed by atoms with Crippen molar-refractivity contribution in [1.82, 2.24) is 10.6 Å². The van der Waals surface area contributed by atoms with Crippen molar-refractivity contribution in [3.63, 3.8) is 0 Å². The van der Waals surface area contributed by atoms with Crippen molar-refractivity contribution < 1.29 is 4.79 Å². The first kappa shape index (κ1) is 10.6. The van der Waals surface area contributed by atoms with Gasteiger partial charge in [-0.2, -0.15) is 0 Å². The zero-order chi connectivity index (χ0) is 11.0. The summed E-state index contributed by atoms with van der Waals surface area (Å²) in [6, 6.07) is 0.722. The molecular weight excluding hydrogens is 200 g/mol. The first-order valence-corrected chi connectivity index (χ1v) is 6.86. The van der Waals surface area contributed by atoms with Crippen LogP contribution in [0, 0.1) is 11.8 Å². The molecule has 0 spiro atoms. The second kappa shape index (κ2) is 4.36. The normalized spacial score (nSPS) is 43.1. The van der Waals surface area contributed by atoms with Crippen LogP contribution in [0.1, 0.15) is 44.9 Å². The van der Waals surface area contributed by atoms with Crippen LogP contribution in [0.4, 0.5) is 0 Å². The zero-order valence-corrected chi connectivity index (χ0v) is 9.87. The van der Waals surface area contributed by atoms with Gasteiger partial charge in [0.25, 0.3) is 0 Å². The highest BCUT2D eigenvalue weighted by Gasteiger charge is 2.40. The lowest BCUT2D eigenvalue weighted by atomic mass is 9.94. The number of nitrogens with one attached hydrogen (secondary N) is 2. The largest absolute Gasteiger partial charge is 0.355 e. The van der Waals surface area contributed by atoms with Crippen LogP contribution in [0.25, 0.3) is 0 Å². The maximum absolute atomic E-state index is 11.8. The third kappa shape index (κ3) is 1.97. The van der Waals surface area contributed by atoms with E-state index in [2.05, 4.69) is 10.6 Å². The average molecular weight is 222 g/mol. The number of fused-ring (bicyclic) bond motifs is 2. The molecule has 90 valence electrons. The summed E-state index contributed by atoms with van der Waals surface area (Å²) in [5, 5.41) is 6.64. The van der Waals surface area contributed by atoms with Gasteiger partial charge in [-0.15, -0.1) is 0 Å². The van der Waals surface area contributed by atoms with E-state index < -0.39 is 0 Å². The Hall–Kier alpha value is -0.570. The van der Waals surface area contributed by atoms with Crippen molar-refractivity contribution in [2.24, 2.45) is 11.8 Å². The molecule has 3 heteroatoms. The van der Waals surface area contributed by atoms with Crippen LogP contribution in [-0.4, -0.2) is 24.5 Å². The minimum Gasteiger partial charge on any atom is -0.355 e. The molecule has 1 saturated heterocycles. The SMILES string of the molecule is O=C1NCCCC[C@H]1N[C@H]1C[C@H]2CC[C@H]1C2. The van der Waals surface area contributed by atoms with Gasteiger partial charge in [0.2, 0.25) is 5.91 Å². The van der Waals surface area contributed by atoms with Crippen LogP contribution < -0.4 is 10.6 Å². The summed E-state index contributed by atoms with van der Waals surface area (Å²) in [5.41, 5.74) is 0. The molecule has 2 aliphatic carbocycles. The molecule has 0 aromatic heterocycles. The molecule has 0 aromatic rings. The fourth-order valence-electron chi connectivity index (χ4n) is 3.81. The maximum atomic E-state index is 11.8. The van der Waals surface area contributed by atoms with Crippen molar-refractivity contribution in [3.05, 3.63) is 0 Å². The fourth-order valence-corrected chi connectivity index (χ4v) is 3.81. The Labute approximate surface area is 97.4 Å². The summed E-state index contributed by atoms with van der Waals surface area (Å²) in [5.74, 6) is 2.05. The molecule has 2 bridgehead atoms. The number of hydrogen-bond donors (Lipinski definition) is 2. The second-order valence-electron chi connectivity index (χ2n) is 5.79. The van der Waals surface area contributed by atoms with Gasteiger partial charge < -0.3 is 10.6 Å². The van der Waals surface area contributed by atoms with Gasteiger partial charge in [-0.25, -0.2) is 0 Å². The molecule has 1 aliphatic heterocycles. The smallest absolute Gasteiger partial charge is 0.237 e. The van der Waals surface area contributed by atoms with Crippen molar-refractivity contribution in [1.29, 1.82) is 0 Å². The number of carbonyl (C=O) groups is 1. The van der Waals surface area contributed by atoms with Gasteiger partial charge in [0.05, 0.1) is 6.04 Å². The number of amides is 1. The van der Waals surface area contributed by atoms with E-state index in [0.29, 0.717) is 6.04 Å². The molecule has 0 aromatic carbocycles. The number of carbonyl (C=O) groups excluding carboxylic acids is 1.